The average molecular weight is 366 g/mol. The Hall–Kier alpha value is -2.60. The van der Waals surface area contributed by atoms with Crippen LogP contribution in [0.25, 0.3) is 0 Å². The fourth-order valence-electron chi connectivity index (χ4n) is 1.97. The second-order valence-corrected chi connectivity index (χ2v) is 5.53. The van der Waals surface area contributed by atoms with E-state index in [4.69, 9.17) is 21.1 Å². The Bertz CT molecular complexity index is 764. The van der Waals surface area contributed by atoms with Crippen molar-refractivity contribution in [2.45, 2.75) is 20.0 Å². The van der Waals surface area contributed by atoms with Gasteiger partial charge in [-0.15, -0.1) is 0 Å². The smallest absolute Gasteiger partial charge is 0.338 e. The number of hydrogen-bond donors (Lipinski definition) is 1. The van der Waals surface area contributed by atoms with Gasteiger partial charge < -0.3 is 14.8 Å². The molecule has 0 bridgehead atoms. The lowest BCUT2D eigenvalue weighted by atomic mass is 10.2. The third kappa shape index (κ3) is 5.19. The van der Waals surface area contributed by atoms with Gasteiger partial charge in [0.05, 0.1) is 22.9 Å². The number of benzene rings is 2. The lowest BCUT2D eigenvalue weighted by Gasteiger charge is -2.15. The molecule has 0 aliphatic heterocycles. The van der Waals surface area contributed by atoms with Crippen LogP contribution in [-0.2, 0) is 9.53 Å². The van der Waals surface area contributed by atoms with Crippen LogP contribution in [0.3, 0.4) is 0 Å². The zero-order chi connectivity index (χ0) is 18.4. The molecule has 0 heterocycles. The first-order chi connectivity index (χ1) is 11.9. The molecule has 0 aliphatic carbocycles. The summed E-state index contributed by atoms with van der Waals surface area (Å²) in [6, 6.07) is 9.92. The number of halogens is 2. The Morgan fingerprint density at radius 3 is 2.48 bits per heavy atom. The van der Waals surface area contributed by atoms with Gasteiger partial charge in [0.25, 0.3) is 5.91 Å². The van der Waals surface area contributed by atoms with E-state index in [1.165, 1.54) is 12.1 Å². The van der Waals surface area contributed by atoms with Crippen LogP contribution in [-0.4, -0.2) is 24.6 Å². The molecule has 0 aliphatic rings. The van der Waals surface area contributed by atoms with Gasteiger partial charge >= 0.3 is 5.97 Å². The Kier molecular flexibility index (Phi) is 6.36. The van der Waals surface area contributed by atoms with E-state index in [0.29, 0.717) is 23.6 Å². The van der Waals surface area contributed by atoms with E-state index >= 15 is 0 Å². The highest BCUT2D eigenvalue weighted by Crippen LogP contribution is 2.23. The molecule has 7 heteroatoms. The standard InChI is InChI=1S/C18H17ClFNO4/c1-3-24-18(23)12-4-7-14(8-5-12)25-11(2)17(22)21-16-9-6-13(20)10-15(16)19/h4-11H,3H2,1-2H3,(H,21,22)/t11-/m0/s1. The molecule has 1 atom stereocenters. The lowest BCUT2D eigenvalue weighted by molar-refractivity contribution is -0.122. The maximum atomic E-state index is 13.0. The largest absolute Gasteiger partial charge is 0.481 e. The van der Waals surface area contributed by atoms with Crippen LogP contribution in [0.2, 0.25) is 5.02 Å². The maximum absolute atomic E-state index is 13.0. The molecule has 2 rings (SSSR count). The van der Waals surface area contributed by atoms with Gasteiger partial charge in [0, 0.05) is 0 Å². The van der Waals surface area contributed by atoms with Gasteiger partial charge in [0.1, 0.15) is 11.6 Å². The summed E-state index contributed by atoms with van der Waals surface area (Å²) in [5.41, 5.74) is 0.686. The maximum Gasteiger partial charge on any atom is 0.338 e. The van der Waals surface area contributed by atoms with E-state index in [9.17, 15) is 14.0 Å². The summed E-state index contributed by atoms with van der Waals surface area (Å²) in [5, 5.41) is 2.66. The number of ether oxygens (including phenoxy) is 2. The summed E-state index contributed by atoms with van der Waals surface area (Å²) in [5.74, 6) is -0.941. The van der Waals surface area contributed by atoms with Crippen molar-refractivity contribution in [3.8, 4) is 5.75 Å². The molecule has 0 saturated heterocycles. The quantitative estimate of drug-likeness (QED) is 0.784. The second-order valence-electron chi connectivity index (χ2n) is 5.12. The van der Waals surface area contributed by atoms with Gasteiger partial charge in [-0.25, -0.2) is 9.18 Å². The minimum absolute atomic E-state index is 0.0966. The van der Waals surface area contributed by atoms with Gasteiger partial charge in [-0.1, -0.05) is 11.6 Å². The molecule has 1 amide bonds. The predicted molar refractivity (Wildman–Crippen MR) is 92.5 cm³/mol. The zero-order valence-corrected chi connectivity index (χ0v) is 14.5. The fourth-order valence-corrected chi connectivity index (χ4v) is 2.18. The Labute approximate surface area is 149 Å². The molecule has 5 nitrogen and oxygen atoms in total. The molecule has 2 aromatic rings. The van der Waals surface area contributed by atoms with Crippen molar-refractivity contribution in [1.29, 1.82) is 0 Å². The first kappa shape index (κ1) is 18.7. The fraction of sp³-hybridized carbons (Fsp3) is 0.222. The van der Waals surface area contributed by atoms with Crippen molar-refractivity contribution in [2.24, 2.45) is 0 Å². The number of carbonyl (C=O) groups is 2. The number of rotatable bonds is 6. The van der Waals surface area contributed by atoms with Crippen molar-refractivity contribution in [1.82, 2.24) is 0 Å². The molecular weight excluding hydrogens is 349 g/mol. The summed E-state index contributed by atoms with van der Waals surface area (Å²) in [6.45, 7) is 3.58. The first-order valence-corrected chi connectivity index (χ1v) is 7.98. The van der Waals surface area contributed by atoms with Crippen molar-refractivity contribution in [3.05, 3.63) is 58.9 Å². The van der Waals surface area contributed by atoms with E-state index in [1.54, 1.807) is 38.1 Å². The molecule has 25 heavy (non-hydrogen) atoms. The second kappa shape index (κ2) is 8.48. The highest BCUT2D eigenvalue weighted by atomic mass is 35.5. The highest BCUT2D eigenvalue weighted by Gasteiger charge is 2.17. The molecule has 0 unspecified atom stereocenters. The third-order valence-corrected chi connectivity index (χ3v) is 3.55. The molecule has 0 fully saturated rings. The molecule has 0 saturated carbocycles. The Balaban J connectivity index is 1.97. The number of amides is 1. The minimum Gasteiger partial charge on any atom is -0.481 e. The Morgan fingerprint density at radius 2 is 1.88 bits per heavy atom. The number of carbonyl (C=O) groups excluding carboxylic acids is 2. The van der Waals surface area contributed by atoms with Crippen molar-refractivity contribution in [2.75, 3.05) is 11.9 Å². The summed E-state index contributed by atoms with van der Waals surface area (Å²) >= 11 is 5.87. The molecule has 0 spiro atoms. The predicted octanol–water partition coefficient (Wildman–Crippen LogP) is 4.06. The summed E-state index contributed by atoms with van der Waals surface area (Å²) in [4.78, 5) is 23.7. The van der Waals surface area contributed by atoms with Crippen molar-refractivity contribution < 1.29 is 23.5 Å². The monoisotopic (exact) mass is 365 g/mol. The first-order valence-electron chi connectivity index (χ1n) is 7.60. The van der Waals surface area contributed by atoms with Gasteiger partial charge in [-0.05, 0) is 56.3 Å². The normalized spacial score (nSPS) is 11.5. The summed E-state index contributed by atoms with van der Waals surface area (Å²) in [6.07, 6.45) is -0.824. The molecule has 2 aromatic carbocycles. The van der Waals surface area contributed by atoms with E-state index in [2.05, 4.69) is 5.32 Å². The minimum atomic E-state index is -0.824. The van der Waals surface area contributed by atoms with Crippen LogP contribution in [0.1, 0.15) is 24.2 Å². The van der Waals surface area contributed by atoms with Crippen LogP contribution in [0.5, 0.6) is 5.75 Å². The number of nitrogens with one attached hydrogen (secondary N) is 1. The van der Waals surface area contributed by atoms with Crippen LogP contribution in [0.15, 0.2) is 42.5 Å². The van der Waals surface area contributed by atoms with Gasteiger partial charge in [-0.2, -0.15) is 0 Å². The van der Waals surface area contributed by atoms with Gasteiger partial charge in [-0.3, -0.25) is 4.79 Å². The van der Waals surface area contributed by atoms with E-state index < -0.39 is 23.8 Å². The van der Waals surface area contributed by atoms with E-state index in [-0.39, 0.29) is 5.02 Å². The van der Waals surface area contributed by atoms with Crippen molar-refractivity contribution in [3.63, 3.8) is 0 Å². The van der Waals surface area contributed by atoms with E-state index in [0.717, 1.165) is 6.07 Å². The summed E-state index contributed by atoms with van der Waals surface area (Å²) in [7, 11) is 0. The zero-order valence-electron chi connectivity index (χ0n) is 13.7. The Morgan fingerprint density at radius 1 is 1.20 bits per heavy atom. The molecule has 0 radical (unpaired) electrons. The molecule has 1 N–H and O–H groups in total. The summed E-state index contributed by atoms with van der Waals surface area (Å²) < 4.78 is 23.4. The van der Waals surface area contributed by atoms with Crippen LogP contribution in [0.4, 0.5) is 10.1 Å². The molecule has 0 aromatic heterocycles. The molecular formula is C18H17ClFNO4. The highest BCUT2D eigenvalue weighted by molar-refractivity contribution is 6.33. The average Bonchev–Trinajstić information content (AvgIpc) is 2.58. The number of anilines is 1. The van der Waals surface area contributed by atoms with Gasteiger partial charge in [0.15, 0.2) is 6.10 Å². The SMILES string of the molecule is CCOC(=O)c1ccc(O[C@@H](C)C(=O)Nc2ccc(F)cc2Cl)cc1. The lowest BCUT2D eigenvalue weighted by Crippen LogP contribution is -2.30. The van der Waals surface area contributed by atoms with E-state index in [1.807, 2.05) is 0 Å². The van der Waals surface area contributed by atoms with Crippen LogP contribution >= 0.6 is 11.6 Å². The van der Waals surface area contributed by atoms with Crippen LogP contribution < -0.4 is 10.1 Å². The number of hydrogen-bond acceptors (Lipinski definition) is 4. The van der Waals surface area contributed by atoms with Crippen LogP contribution in [0, 0.1) is 5.82 Å². The molecule has 132 valence electrons. The number of esters is 1. The third-order valence-electron chi connectivity index (χ3n) is 3.24. The topological polar surface area (TPSA) is 64.6 Å². The van der Waals surface area contributed by atoms with Gasteiger partial charge in [0.2, 0.25) is 0 Å². The van der Waals surface area contributed by atoms with Crippen molar-refractivity contribution >= 4 is 29.2 Å².